The number of imidazole rings is 1. The van der Waals surface area contributed by atoms with E-state index in [1.807, 2.05) is 0 Å². The average molecular weight is 339 g/mol. The summed E-state index contributed by atoms with van der Waals surface area (Å²) in [6, 6.07) is 0. The molecule has 0 aliphatic heterocycles. The minimum Gasteiger partial charge on any atom is -0.330 e. The van der Waals surface area contributed by atoms with Gasteiger partial charge in [0, 0.05) is 12.4 Å². The van der Waals surface area contributed by atoms with Crippen molar-refractivity contribution in [1.29, 1.82) is 0 Å². The number of nitrogens with zero attached hydrogens (tertiary/aromatic N) is 2. The zero-order valence-electron chi connectivity index (χ0n) is 8.29. The molecule has 0 aliphatic carbocycles. The van der Waals surface area contributed by atoms with Crippen LogP contribution in [-0.2, 0) is 4.79 Å². The van der Waals surface area contributed by atoms with E-state index in [-0.39, 0.29) is 5.88 Å². The van der Waals surface area contributed by atoms with E-state index in [4.69, 9.17) is 58.0 Å². The minimum atomic E-state index is -1.42. The predicted molar refractivity (Wildman–Crippen MR) is 70.1 cm³/mol. The first-order valence-electron chi connectivity index (χ1n) is 4.38. The van der Waals surface area contributed by atoms with Gasteiger partial charge in [-0.15, -0.1) is 11.6 Å². The number of carbonyl (C=O) groups is 1. The van der Waals surface area contributed by atoms with Crippen LogP contribution in [0.2, 0.25) is 0 Å². The molecule has 1 amide bonds. The van der Waals surface area contributed by atoms with Crippen molar-refractivity contribution in [3.05, 3.63) is 18.7 Å². The fraction of sp³-hybridized carbons (Fsp3) is 0.500. The number of hydrogen-bond acceptors (Lipinski definition) is 2. The highest BCUT2D eigenvalue weighted by atomic mass is 35.5. The number of rotatable bonds is 5. The lowest BCUT2D eigenvalue weighted by molar-refractivity contribution is -0.120. The molecule has 9 heteroatoms. The van der Waals surface area contributed by atoms with Crippen LogP contribution in [0, 0.1) is 0 Å². The number of aromatic nitrogens is 2. The first-order chi connectivity index (χ1) is 7.88. The summed E-state index contributed by atoms with van der Waals surface area (Å²) in [7, 11) is 0. The van der Waals surface area contributed by atoms with E-state index in [0.717, 1.165) is 0 Å². The van der Waals surface area contributed by atoms with Crippen LogP contribution in [0.5, 0.6) is 0 Å². The fourth-order valence-corrected chi connectivity index (χ4v) is 1.70. The van der Waals surface area contributed by atoms with Gasteiger partial charge < -0.3 is 9.88 Å². The van der Waals surface area contributed by atoms with E-state index in [9.17, 15) is 4.79 Å². The topological polar surface area (TPSA) is 46.9 Å². The zero-order chi connectivity index (χ0) is 13.1. The maximum absolute atomic E-state index is 11.4. The van der Waals surface area contributed by atoms with Gasteiger partial charge in [0.15, 0.2) is 9.17 Å². The van der Waals surface area contributed by atoms with Crippen LogP contribution in [0.25, 0.3) is 0 Å². The molecule has 1 atom stereocenters. The van der Waals surface area contributed by atoms with Crippen molar-refractivity contribution < 1.29 is 4.79 Å². The Morgan fingerprint density at radius 2 is 2.12 bits per heavy atom. The van der Waals surface area contributed by atoms with Crippen molar-refractivity contribution in [1.82, 2.24) is 14.9 Å². The Balaban J connectivity index is 2.92. The van der Waals surface area contributed by atoms with Gasteiger partial charge in [0.1, 0.15) is 6.17 Å². The molecule has 0 aromatic carbocycles. The number of hydrogen-bond donors (Lipinski definition) is 1. The number of amides is 1. The number of carbonyl (C=O) groups excluding carboxylic acids is 1. The highest BCUT2D eigenvalue weighted by Gasteiger charge is 2.37. The first-order valence-corrected chi connectivity index (χ1v) is 6.54. The van der Waals surface area contributed by atoms with Crippen molar-refractivity contribution in [2.75, 3.05) is 5.88 Å². The van der Waals surface area contributed by atoms with E-state index in [0.29, 0.717) is 0 Å². The van der Waals surface area contributed by atoms with Crippen molar-refractivity contribution >= 4 is 63.9 Å². The lowest BCUT2D eigenvalue weighted by Crippen LogP contribution is -2.45. The SMILES string of the molecule is O=C(NC(n1ccnc1)C(Cl)(Cl)CCl)C(Cl)Cl. The Bertz CT molecular complexity index is 367. The van der Waals surface area contributed by atoms with Crippen LogP contribution in [-0.4, -0.2) is 30.5 Å². The second kappa shape index (κ2) is 6.34. The van der Waals surface area contributed by atoms with E-state index in [1.54, 1.807) is 6.20 Å². The Morgan fingerprint density at radius 3 is 2.53 bits per heavy atom. The number of halogens is 5. The van der Waals surface area contributed by atoms with Crippen LogP contribution < -0.4 is 5.32 Å². The predicted octanol–water partition coefficient (Wildman–Crippen LogP) is 2.71. The second-order valence-electron chi connectivity index (χ2n) is 3.12. The largest absolute Gasteiger partial charge is 0.330 e. The Morgan fingerprint density at radius 1 is 1.47 bits per heavy atom. The monoisotopic (exact) mass is 337 g/mol. The van der Waals surface area contributed by atoms with Gasteiger partial charge in [0.2, 0.25) is 0 Å². The Hall–Kier alpha value is 0.130. The van der Waals surface area contributed by atoms with Gasteiger partial charge in [0.25, 0.3) is 5.91 Å². The molecular formula is C8H8Cl5N3O. The van der Waals surface area contributed by atoms with Gasteiger partial charge in [-0.2, -0.15) is 0 Å². The molecule has 1 aromatic rings. The standard InChI is InChI=1S/C8H8Cl5N3O/c9-3-8(12,13)7(15-6(17)5(10)11)16-2-1-14-4-16/h1-2,4-5,7H,3H2,(H,15,17). The Kier molecular flexibility index (Phi) is 5.67. The summed E-state index contributed by atoms with van der Waals surface area (Å²) in [5.41, 5.74) is 0. The molecule has 0 fully saturated rings. The van der Waals surface area contributed by atoms with Gasteiger partial charge >= 0.3 is 0 Å². The lowest BCUT2D eigenvalue weighted by Gasteiger charge is -2.30. The molecule has 1 rings (SSSR count). The summed E-state index contributed by atoms with van der Waals surface area (Å²) < 4.78 is 0.0804. The number of alkyl halides is 5. The fourth-order valence-electron chi connectivity index (χ4n) is 1.09. The van der Waals surface area contributed by atoms with Crippen molar-refractivity contribution in [3.8, 4) is 0 Å². The van der Waals surface area contributed by atoms with E-state index in [2.05, 4.69) is 10.3 Å². The molecule has 1 N–H and O–H groups in total. The van der Waals surface area contributed by atoms with Crippen LogP contribution in [0.3, 0.4) is 0 Å². The quantitative estimate of drug-likeness (QED) is 0.839. The summed E-state index contributed by atoms with van der Waals surface area (Å²) in [5, 5.41) is 2.48. The molecule has 1 unspecified atom stereocenters. The maximum atomic E-state index is 11.4. The summed E-state index contributed by atoms with van der Waals surface area (Å²) >= 11 is 28.5. The maximum Gasteiger partial charge on any atom is 0.254 e. The third-order valence-electron chi connectivity index (χ3n) is 1.88. The third-order valence-corrected chi connectivity index (χ3v) is 3.65. The molecule has 96 valence electrons. The van der Waals surface area contributed by atoms with Gasteiger partial charge in [-0.3, -0.25) is 4.79 Å². The summed E-state index contributed by atoms with van der Waals surface area (Å²) in [6.45, 7) is 0. The minimum absolute atomic E-state index is 0.103. The van der Waals surface area contributed by atoms with E-state index in [1.165, 1.54) is 17.1 Å². The Labute approximate surface area is 123 Å². The average Bonchev–Trinajstić information content (AvgIpc) is 2.78. The molecule has 17 heavy (non-hydrogen) atoms. The molecule has 1 heterocycles. The van der Waals surface area contributed by atoms with Gasteiger partial charge in [-0.05, 0) is 0 Å². The molecule has 0 saturated carbocycles. The molecule has 4 nitrogen and oxygen atoms in total. The molecular weight excluding hydrogens is 331 g/mol. The normalized spacial score (nSPS) is 13.8. The molecule has 0 bridgehead atoms. The summed E-state index contributed by atoms with van der Waals surface area (Å²) in [6.07, 6.45) is 3.71. The molecule has 0 spiro atoms. The van der Waals surface area contributed by atoms with Crippen LogP contribution in [0.4, 0.5) is 0 Å². The van der Waals surface area contributed by atoms with Gasteiger partial charge in [0.05, 0.1) is 12.2 Å². The summed E-state index contributed by atoms with van der Waals surface area (Å²) in [5.74, 6) is -0.725. The molecule has 0 radical (unpaired) electrons. The summed E-state index contributed by atoms with van der Waals surface area (Å²) in [4.78, 5) is 14.0. The van der Waals surface area contributed by atoms with Crippen LogP contribution in [0.1, 0.15) is 6.17 Å². The van der Waals surface area contributed by atoms with Crippen molar-refractivity contribution in [3.63, 3.8) is 0 Å². The third kappa shape index (κ3) is 4.07. The molecule has 1 aromatic heterocycles. The van der Waals surface area contributed by atoms with Crippen LogP contribution in [0.15, 0.2) is 18.7 Å². The lowest BCUT2D eigenvalue weighted by atomic mass is 10.3. The van der Waals surface area contributed by atoms with E-state index < -0.39 is 21.2 Å². The molecule has 0 saturated heterocycles. The van der Waals surface area contributed by atoms with Crippen molar-refractivity contribution in [2.24, 2.45) is 0 Å². The highest BCUT2D eigenvalue weighted by Crippen LogP contribution is 2.33. The van der Waals surface area contributed by atoms with Crippen molar-refractivity contribution in [2.45, 2.75) is 15.3 Å². The smallest absolute Gasteiger partial charge is 0.254 e. The number of nitrogens with one attached hydrogen (secondary N) is 1. The van der Waals surface area contributed by atoms with E-state index >= 15 is 0 Å². The zero-order valence-corrected chi connectivity index (χ0v) is 12.1. The first kappa shape index (κ1) is 15.2. The molecule has 0 aliphatic rings. The second-order valence-corrected chi connectivity index (χ2v) is 6.02. The van der Waals surface area contributed by atoms with Crippen LogP contribution >= 0.6 is 58.0 Å². The van der Waals surface area contributed by atoms with Gasteiger partial charge in [-0.1, -0.05) is 46.4 Å². The highest BCUT2D eigenvalue weighted by molar-refractivity contribution is 6.54. The van der Waals surface area contributed by atoms with Gasteiger partial charge in [-0.25, -0.2) is 4.98 Å².